The molecule has 4 heteroatoms. The van der Waals surface area contributed by atoms with E-state index < -0.39 is 0 Å². The summed E-state index contributed by atoms with van der Waals surface area (Å²) in [6, 6.07) is 7.30. The molecule has 0 aliphatic heterocycles. The molecule has 0 spiro atoms. The van der Waals surface area contributed by atoms with Gasteiger partial charge in [-0.2, -0.15) is 0 Å². The standard InChI is InChI=1S/C10H12N3O/c11-10(12)9-3-1-8(2-4-9)7-13-5-6-14/h1-4,13H,5,7H2,(H3,11,12). The van der Waals surface area contributed by atoms with Crippen molar-refractivity contribution in [2.45, 2.75) is 6.54 Å². The molecule has 1 aromatic rings. The van der Waals surface area contributed by atoms with Crippen LogP contribution in [0.5, 0.6) is 0 Å². The van der Waals surface area contributed by atoms with E-state index in [9.17, 15) is 4.79 Å². The maximum Gasteiger partial charge on any atom is 0.213 e. The van der Waals surface area contributed by atoms with Crippen molar-refractivity contribution in [2.75, 3.05) is 6.54 Å². The Morgan fingerprint density at radius 1 is 1.43 bits per heavy atom. The molecular formula is C10H12N3O. The SMILES string of the molecule is N=C(N)c1ccc(CNC[C]=O)cc1. The van der Waals surface area contributed by atoms with Gasteiger partial charge in [-0.3, -0.25) is 10.2 Å². The van der Waals surface area contributed by atoms with Crippen molar-refractivity contribution in [3.05, 3.63) is 35.4 Å². The fourth-order valence-electron chi connectivity index (χ4n) is 1.06. The molecule has 0 heterocycles. The van der Waals surface area contributed by atoms with Crippen LogP contribution in [-0.4, -0.2) is 18.7 Å². The summed E-state index contributed by atoms with van der Waals surface area (Å²) in [6.45, 7) is 0.849. The van der Waals surface area contributed by atoms with E-state index in [0.29, 0.717) is 12.1 Å². The Labute approximate surface area is 82.6 Å². The van der Waals surface area contributed by atoms with Gasteiger partial charge in [-0.25, -0.2) is 0 Å². The highest BCUT2D eigenvalue weighted by Crippen LogP contribution is 2.02. The summed E-state index contributed by atoms with van der Waals surface area (Å²) in [6.07, 6.45) is 1.75. The molecule has 4 nitrogen and oxygen atoms in total. The van der Waals surface area contributed by atoms with Crippen LogP contribution in [0.1, 0.15) is 11.1 Å². The van der Waals surface area contributed by atoms with Gasteiger partial charge in [0.1, 0.15) is 5.84 Å². The Bertz CT molecular complexity index is 319. The number of nitrogens with two attached hydrogens (primary N) is 1. The molecule has 0 atom stereocenters. The molecule has 0 bridgehead atoms. The van der Waals surface area contributed by atoms with Gasteiger partial charge in [0.15, 0.2) is 0 Å². The summed E-state index contributed by atoms with van der Waals surface area (Å²) in [4.78, 5) is 9.91. The van der Waals surface area contributed by atoms with Gasteiger partial charge in [-0.15, -0.1) is 0 Å². The van der Waals surface area contributed by atoms with Crippen molar-refractivity contribution in [2.24, 2.45) is 5.73 Å². The molecule has 0 aromatic heterocycles. The maximum atomic E-state index is 9.91. The molecule has 1 aromatic carbocycles. The van der Waals surface area contributed by atoms with Crippen LogP contribution < -0.4 is 11.1 Å². The predicted octanol–water partition coefficient (Wildman–Crippen LogP) is 0.170. The minimum atomic E-state index is 0.0609. The number of hydrogen-bond donors (Lipinski definition) is 3. The van der Waals surface area contributed by atoms with Gasteiger partial charge in [0, 0.05) is 12.1 Å². The maximum absolute atomic E-state index is 9.91. The van der Waals surface area contributed by atoms with Gasteiger partial charge in [0.05, 0.1) is 6.54 Å². The summed E-state index contributed by atoms with van der Waals surface area (Å²) in [5.74, 6) is 0.0609. The van der Waals surface area contributed by atoms with Crippen molar-refractivity contribution in [1.82, 2.24) is 5.32 Å². The lowest BCUT2D eigenvalue weighted by Crippen LogP contribution is -2.16. The zero-order valence-corrected chi connectivity index (χ0v) is 7.71. The molecule has 0 saturated carbocycles. The molecule has 1 radical (unpaired) electrons. The van der Waals surface area contributed by atoms with Crippen LogP contribution in [-0.2, 0) is 11.3 Å². The minimum Gasteiger partial charge on any atom is -0.384 e. The molecule has 14 heavy (non-hydrogen) atoms. The summed E-state index contributed by atoms with van der Waals surface area (Å²) >= 11 is 0. The molecular weight excluding hydrogens is 178 g/mol. The molecule has 0 aliphatic rings. The van der Waals surface area contributed by atoms with E-state index in [-0.39, 0.29) is 12.4 Å². The first-order valence-electron chi connectivity index (χ1n) is 4.23. The number of benzene rings is 1. The third-order valence-corrected chi connectivity index (χ3v) is 1.79. The zero-order valence-electron chi connectivity index (χ0n) is 7.71. The average Bonchev–Trinajstić information content (AvgIpc) is 2.19. The predicted molar refractivity (Wildman–Crippen MR) is 54.9 cm³/mol. The van der Waals surface area contributed by atoms with E-state index in [1.165, 1.54) is 0 Å². The molecule has 4 N–H and O–H groups in total. The quantitative estimate of drug-likeness (QED) is 0.352. The molecule has 0 unspecified atom stereocenters. The Balaban J connectivity index is 2.55. The second kappa shape index (κ2) is 5.14. The first-order valence-corrected chi connectivity index (χ1v) is 4.23. The van der Waals surface area contributed by atoms with Crippen molar-refractivity contribution in [1.29, 1.82) is 5.41 Å². The molecule has 0 amide bonds. The van der Waals surface area contributed by atoms with Gasteiger partial charge in [-0.05, 0) is 5.56 Å². The Kier molecular flexibility index (Phi) is 3.82. The summed E-state index contributed by atoms with van der Waals surface area (Å²) in [5.41, 5.74) is 7.05. The summed E-state index contributed by atoms with van der Waals surface area (Å²) in [7, 11) is 0. The van der Waals surface area contributed by atoms with Crippen molar-refractivity contribution >= 4 is 12.1 Å². The summed E-state index contributed by atoms with van der Waals surface area (Å²) in [5, 5.41) is 10.1. The Morgan fingerprint density at radius 2 is 2.07 bits per heavy atom. The lowest BCUT2D eigenvalue weighted by Gasteiger charge is -2.02. The van der Waals surface area contributed by atoms with Crippen LogP contribution in [0.4, 0.5) is 0 Å². The number of amidine groups is 1. The van der Waals surface area contributed by atoms with Crippen molar-refractivity contribution in [3.63, 3.8) is 0 Å². The number of rotatable bonds is 5. The van der Waals surface area contributed by atoms with E-state index in [1.54, 1.807) is 18.4 Å². The van der Waals surface area contributed by atoms with Crippen molar-refractivity contribution < 1.29 is 4.79 Å². The fraction of sp³-hybridized carbons (Fsp3) is 0.200. The van der Waals surface area contributed by atoms with Gasteiger partial charge in [0.25, 0.3) is 0 Å². The first kappa shape index (κ1) is 10.4. The van der Waals surface area contributed by atoms with E-state index in [0.717, 1.165) is 5.56 Å². The molecule has 0 aliphatic carbocycles. The van der Waals surface area contributed by atoms with Gasteiger partial charge >= 0.3 is 0 Å². The van der Waals surface area contributed by atoms with E-state index in [2.05, 4.69) is 5.32 Å². The highest BCUT2D eigenvalue weighted by molar-refractivity contribution is 5.94. The molecule has 0 saturated heterocycles. The van der Waals surface area contributed by atoms with E-state index in [1.807, 2.05) is 12.1 Å². The minimum absolute atomic E-state index is 0.0609. The molecule has 1 rings (SSSR count). The number of carbonyl (C=O) groups excluding carboxylic acids is 1. The lowest BCUT2D eigenvalue weighted by atomic mass is 10.1. The highest BCUT2D eigenvalue weighted by Gasteiger charge is 1.96. The zero-order chi connectivity index (χ0) is 10.4. The number of hydrogen-bond acceptors (Lipinski definition) is 3. The third kappa shape index (κ3) is 2.99. The monoisotopic (exact) mass is 190 g/mol. The normalized spacial score (nSPS) is 9.71. The van der Waals surface area contributed by atoms with E-state index >= 15 is 0 Å². The van der Waals surface area contributed by atoms with Crippen LogP contribution in [0.2, 0.25) is 0 Å². The largest absolute Gasteiger partial charge is 0.384 e. The van der Waals surface area contributed by atoms with E-state index in [4.69, 9.17) is 11.1 Å². The van der Waals surface area contributed by atoms with Gasteiger partial charge in [0.2, 0.25) is 6.29 Å². The second-order valence-electron chi connectivity index (χ2n) is 2.86. The van der Waals surface area contributed by atoms with Crippen LogP contribution >= 0.6 is 0 Å². The first-order chi connectivity index (χ1) is 6.74. The molecule has 0 fully saturated rings. The van der Waals surface area contributed by atoms with Gasteiger partial charge < -0.3 is 11.1 Å². The van der Waals surface area contributed by atoms with Gasteiger partial charge in [-0.1, -0.05) is 24.3 Å². The number of nitrogen functional groups attached to an aromatic ring is 1. The molecule has 73 valence electrons. The highest BCUT2D eigenvalue weighted by atomic mass is 16.1. The van der Waals surface area contributed by atoms with Crippen molar-refractivity contribution in [3.8, 4) is 0 Å². The second-order valence-corrected chi connectivity index (χ2v) is 2.86. The topological polar surface area (TPSA) is 79.0 Å². The Hall–Kier alpha value is -1.68. The Morgan fingerprint density at radius 3 is 2.57 bits per heavy atom. The average molecular weight is 190 g/mol. The van der Waals surface area contributed by atoms with Crippen LogP contribution in [0.25, 0.3) is 0 Å². The van der Waals surface area contributed by atoms with Crippen LogP contribution in [0.3, 0.4) is 0 Å². The lowest BCUT2D eigenvalue weighted by molar-refractivity contribution is 0.548. The fourth-order valence-corrected chi connectivity index (χ4v) is 1.06. The number of nitrogens with one attached hydrogen (secondary N) is 2. The van der Waals surface area contributed by atoms with Crippen LogP contribution in [0.15, 0.2) is 24.3 Å². The smallest absolute Gasteiger partial charge is 0.213 e. The van der Waals surface area contributed by atoms with Crippen LogP contribution in [0, 0.1) is 5.41 Å². The summed E-state index contributed by atoms with van der Waals surface area (Å²) < 4.78 is 0. The third-order valence-electron chi connectivity index (χ3n) is 1.79.